The summed E-state index contributed by atoms with van der Waals surface area (Å²) >= 11 is 1.46. The van der Waals surface area contributed by atoms with Crippen LogP contribution in [0.25, 0.3) is 21.3 Å². The summed E-state index contributed by atoms with van der Waals surface area (Å²) in [7, 11) is -3.38. The van der Waals surface area contributed by atoms with Gasteiger partial charge in [0.05, 0.1) is 16.5 Å². The van der Waals surface area contributed by atoms with Gasteiger partial charge in [0.25, 0.3) is 0 Å². The lowest BCUT2D eigenvalue weighted by molar-refractivity contribution is 0.271. The van der Waals surface area contributed by atoms with Crippen LogP contribution in [-0.4, -0.2) is 62.3 Å². The van der Waals surface area contributed by atoms with E-state index in [9.17, 15) is 8.42 Å². The first kappa shape index (κ1) is 24.3. The third-order valence-electron chi connectivity index (χ3n) is 6.23. The molecule has 0 amide bonds. The molecule has 3 heterocycles. The molecule has 0 aliphatic carbocycles. The maximum Gasteiger partial charge on any atom is 0.229 e. The Bertz CT molecular complexity index is 1480. The van der Waals surface area contributed by atoms with Crippen molar-refractivity contribution < 1.29 is 8.42 Å². The molecule has 1 aliphatic rings. The predicted octanol–water partition coefficient (Wildman–Crippen LogP) is 4.20. The first-order chi connectivity index (χ1) is 17.3. The fourth-order valence-electron chi connectivity index (χ4n) is 4.37. The summed E-state index contributed by atoms with van der Waals surface area (Å²) in [6.07, 6.45) is 1.13. The maximum atomic E-state index is 11.7. The number of rotatable bonds is 7. The fourth-order valence-corrected chi connectivity index (χ4v) is 5.84. The van der Waals surface area contributed by atoms with Crippen molar-refractivity contribution >= 4 is 60.4 Å². The van der Waals surface area contributed by atoms with Gasteiger partial charge in [-0.05, 0) is 48.5 Å². The van der Waals surface area contributed by atoms with Crippen molar-refractivity contribution in [3.05, 3.63) is 53.9 Å². The number of likely N-dealkylation sites (N-methyl/N-ethyl adjacent to an activating group) is 1. The smallest absolute Gasteiger partial charge is 0.229 e. The lowest BCUT2D eigenvalue weighted by Crippen LogP contribution is -2.46. The second kappa shape index (κ2) is 9.92. The highest BCUT2D eigenvalue weighted by Gasteiger charge is 2.17. The number of nitrogen functional groups attached to an aromatic ring is 1. The van der Waals surface area contributed by atoms with Crippen LogP contribution in [0.4, 0.5) is 28.8 Å². The van der Waals surface area contributed by atoms with Crippen molar-refractivity contribution in [1.29, 1.82) is 0 Å². The Morgan fingerprint density at radius 2 is 1.78 bits per heavy atom. The summed E-state index contributed by atoms with van der Waals surface area (Å²) in [6.45, 7) is 7.52. The number of hydrogen-bond donors (Lipinski definition) is 3. The Hall–Kier alpha value is -3.41. The van der Waals surface area contributed by atoms with Gasteiger partial charge in [0.2, 0.25) is 16.0 Å². The van der Waals surface area contributed by atoms with E-state index in [1.807, 2.05) is 23.6 Å². The van der Waals surface area contributed by atoms with Crippen LogP contribution in [0.5, 0.6) is 0 Å². The number of nitrogens with two attached hydrogens (primary N) is 1. The molecule has 0 bridgehead atoms. The molecule has 0 radical (unpaired) electrons. The topological polar surface area (TPSA) is 116 Å². The highest BCUT2D eigenvalue weighted by atomic mass is 32.2. The monoisotopic (exact) mass is 523 g/mol. The normalized spacial score (nSPS) is 14.8. The van der Waals surface area contributed by atoms with Gasteiger partial charge < -0.3 is 20.9 Å². The van der Waals surface area contributed by atoms with E-state index in [2.05, 4.69) is 43.9 Å². The fraction of sp³-hybridized carbons (Fsp3) is 0.280. The molecule has 0 spiro atoms. The second-order valence-corrected chi connectivity index (χ2v) is 11.4. The Labute approximate surface area is 215 Å². The van der Waals surface area contributed by atoms with Gasteiger partial charge in [-0.2, -0.15) is 4.98 Å². The molecule has 11 heteroatoms. The Balaban J connectivity index is 1.38. The van der Waals surface area contributed by atoms with E-state index < -0.39 is 10.0 Å². The number of benzene rings is 2. The quantitative estimate of drug-likeness (QED) is 0.330. The SMILES string of the molecule is CCN1CCN(c2ccc(Nc3nc(N)c4scc(-c5cccc(NS(C)(=O)=O)c5)c4n3)cc2)CC1. The molecule has 1 fully saturated rings. The van der Waals surface area contributed by atoms with Crippen LogP contribution in [0.3, 0.4) is 0 Å². The van der Waals surface area contributed by atoms with Crippen molar-refractivity contribution in [2.24, 2.45) is 0 Å². The van der Waals surface area contributed by atoms with Crippen LogP contribution in [-0.2, 0) is 10.0 Å². The van der Waals surface area contributed by atoms with Gasteiger partial charge in [-0.25, -0.2) is 13.4 Å². The van der Waals surface area contributed by atoms with Crippen LogP contribution in [0.15, 0.2) is 53.9 Å². The molecule has 0 atom stereocenters. The molecule has 1 saturated heterocycles. The van der Waals surface area contributed by atoms with E-state index in [0.717, 1.165) is 66.0 Å². The van der Waals surface area contributed by atoms with Crippen molar-refractivity contribution in [1.82, 2.24) is 14.9 Å². The third-order valence-corrected chi connectivity index (χ3v) is 7.82. The van der Waals surface area contributed by atoms with Gasteiger partial charge in [-0.15, -0.1) is 11.3 Å². The average molecular weight is 524 g/mol. The van der Waals surface area contributed by atoms with Gasteiger partial charge in [0.1, 0.15) is 5.82 Å². The third kappa shape index (κ3) is 5.38. The molecule has 0 saturated carbocycles. The largest absolute Gasteiger partial charge is 0.382 e. The zero-order chi connectivity index (χ0) is 25.3. The number of nitrogens with zero attached hydrogens (tertiary/aromatic N) is 4. The lowest BCUT2D eigenvalue weighted by Gasteiger charge is -2.35. The van der Waals surface area contributed by atoms with E-state index in [-0.39, 0.29) is 0 Å². The number of hydrogen-bond acceptors (Lipinski definition) is 9. The average Bonchev–Trinajstić information content (AvgIpc) is 3.28. The highest BCUT2D eigenvalue weighted by Crippen LogP contribution is 2.37. The summed E-state index contributed by atoms with van der Waals surface area (Å²) in [5.41, 5.74) is 11.3. The molecule has 2 aromatic heterocycles. The van der Waals surface area contributed by atoms with Gasteiger partial charge >= 0.3 is 0 Å². The van der Waals surface area contributed by atoms with Crippen LogP contribution >= 0.6 is 11.3 Å². The summed E-state index contributed by atoms with van der Waals surface area (Å²) < 4.78 is 26.6. The molecule has 9 nitrogen and oxygen atoms in total. The van der Waals surface area contributed by atoms with Crippen LogP contribution in [0.1, 0.15) is 6.92 Å². The highest BCUT2D eigenvalue weighted by molar-refractivity contribution is 7.92. The first-order valence-electron chi connectivity index (χ1n) is 11.8. The van der Waals surface area contributed by atoms with E-state index in [4.69, 9.17) is 10.7 Å². The minimum atomic E-state index is -3.38. The molecule has 5 rings (SSSR count). The summed E-state index contributed by atoms with van der Waals surface area (Å²) in [5.74, 6) is 0.809. The molecular formula is C25H29N7O2S2. The minimum absolute atomic E-state index is 0.398. The van der Waals surface area contributed by atoms with Gasteiger partial charge in [-0.1, -0.05) is 19.1 Å². The van der Waals surface area contributed by atoms with Crippen molar-refractivity contribution in [3.8, 4) is 11.1 Å². The molecular weight excluding hydrogens is 494 g/mol. The number of sulfonamides is 1. The van der Waals surface area contributed by atoms with Crippen molar-refractivity contribution in [2.45, 2.75) is 6.92 Å². The molecule has 188 valence electrons. The molecule has 0 unspecified atom stereocenters. The van der Waals surface area contributed by atoms with Gasteiger partial charge in [0, 0.05) is 54.2 Å². The minimum Gasteiger partial charge on any atom is -0.382 e. The van der Waals surface area contributed by atoms with E-state index in [1.54, 1.807) is 18.2 Å². The molecule has 2 aromatic carbocycles. The maximum absolute atomic E-state index is 11.7. The van der Waals surface area contributed by atoms with Gasteiger partial charge in [-0.3, -0.25) is 4.72 Å². The van der Waals surface area contributed by atoms with E-state index >= 15 is 0 Å². The lowest BCUT2D eigenvalue weighted by atomic mass is 10.1. The number of piperazine rings is 1. The van der Waals surface area contributed by atoms with Crippen LogP contribution in [0, 0.1) is 0 Å². The number of thiophene rings is 1. The standard InChI is InChI=1S/C25H29N7O2S2/c1-3-31-11-13-32(14-12-31)20-9-7-18(8-10-20)27-25-28-22-21(16-35-23(22)24(26)29-25)17-5-4-6-19(15-17)30-36(2,33)34/h4-10,15-16,30H,3,11-14H2,1-2H3,(H3,26,27,28,29). The molecule has 4 aromatic rings. The van der Waals surface area contributed by atoms with Crippen LogP contribution < -0.4 is 20.7 Å². The van der Waals surface area contributed by atoms with E-state index in [0.29, 0.717) is 17.5 Å². The first-order valence-corrected chi connectivity index (χ1v) is 14.5. The van der Waals surface area contributed by atoms with Gasteiger partial charge in [0.15, 0.2) is 0 Å². The number of nitrogens with one attached hydrogen (secondary N) is 2. The Morgan fingerprint density at radius 3 is 2.47 bits per heavy atom. The Morgan fingerprint density at radius 1 is 1.03 bits per heavy atom. The van der Waals surface area contributed by atoms with Crippen molar-refractivity contribution in [2.75, 3.05) is 59.7 Å². The summed E-state index contributed by atoms with van der Waals surface area (Å²) in [5, 5.41) is 5.24. The summed E-state index contributed by atoms with van der Waals surface area (Å²) in [4.78, 5) is 14.1. The molecule has 36 heavy (non-hydrogen) atoms. The number of aromatic nitrogens is 2. The molecule has 4 N–H and O–H groups in total. The number of anilines is 5. The van der Waals surface area contributed by atoms with Crippen molar-refractivity contribution in [3.63, 3.8) is 0 Å². The number of fused-ring (bicyclic) bond motifs is 1. The summed E-state index contributed by atoms with van der Waals surface area (Å²) in [6, 6.07) is 15.5. The molecule has 1 aliphatic heterocycles. The zero-order valence-corrected chi connectivity index (χ0v) is 21.9. The zero-order valence-electron chi connectivity index (χ0n) is 20.2. The predicted molar refractivity (Wildman–Crippen MR) is 150 cm³/mol. The van der Waals surface area contributed by atoms with E-state index in [1.165, 1.54) is 17.0 Å². The Kier molecular flexibility index (Phi) is 6.69. The second-order valence-electron chi connectivity index (χ2n) is 8.81. The van der Waals surface area contributed by atoms with Crippen LogP contribution in [0.2, 0.25) is 0 Å².